The van der Waals surface area contributed by atoms with Gasteiger partial charge in [-0.3, -0.25) is 25.0 Å². The third-order valence-electron chi connectivity index (χ3n) is 4.16. The third-order valence-corrected chi connectivity index (χ3v) is 4.51. The number of aromatic nitrogens is 3. The minimum Gasteiger partial charge on any atom is -0.390 e. The molecule has 0 aromatic carbocycles. The standard InChI is InChI=1S/C12H17N7O8S/c20-6-7-3-13-18(16-7)5-10(21)14-15-11(22)9-2-1-8-4-17(9)12(23)19(8)27-28(24,25)26/h3,8-9,20H,1-2,4-6H2,(H,14,21)(H,15,22)(H,24,25,26)/t8-,9-/m0/s1. The van der Waals surface area contributed by atoms with E-state index in [4.69, 9.17) is 9.66 Å². The SMILES string of the molecule is O=C(Cn1ncc(CO)n1)NNC(=O)[C@@H]1CC[C@H]2CN1C(=O)N2OS(=O)(=O)O. The third kappa shape index (κ3) is 4.35. The maximum atomic E-state index is 12.3. The zero-order valence-corrected chi connectivity index (χ0v) is 15.1. The van der Waals surface area contributed by atoms with Gasteiger partial charge in [0.2, 0.25) is 0 Å². The van der Waals surface area contributed by atoms with Crippen molar-refractivity contribution in [2.75, 3.05) is 6.54 Å². The Balaban J connectivity index is 1.53. The monoisotopic (exact) mass is 419 g/mol. The summed E-state index contributed by atoms with van der Waals surface area (Å²) in [5, 5.41) is 17.0. The lowest BCUT2D eigenvalue weighted by Crippen LogP contribution is -2.54. The van der Waals surface area contributed by atoms with Crippen LogP contribution in [0.4, 0.5) is 4.79 Å². The van der Waals surface area contributed by atoms with Crippen LogP contribution in [0.5, 0.6) is 0 Å². The molecule has 28 heavy (non-hydrogen) atoms. The van der Waals surface area contributed by atoms with Crippen molar-refractivity contribution in [3.05, 3.63) is 11.9 Å². The molecular weight excluding hydrogens is 402 g/mol. The zero-order valence-electron chi connectivity index (χ0n) is 14.3. The van der Waals surface area contributed by atoms with Crippen LogP contribution in [0.2, 0.25) is 0 Å². The quantitative estimate of drug-likeness (QED) is 0.271. The molecule has 16 heteroatoms. The number of aliphatic hydroxyl groups excluding tert-OH is 1. The van der Waals surface area contributed by atoms with E-state index in [2.05, 4.69) is 25.3 Å². The van der Waals surface area contributed by atoms with Crippen LogP contribution in [0, 0.1) is 0 Å². The Morgan fingerprint density at radius 3 is 2.71 bits per heavy atom. The molecule has 0 unspecified atom stereocenters. The average Bonchev–Trinajstić information content (AvgIpc) is 3.17. The van der Waals surface area contributed by atoms with E-state index >= 15 is 0 Å². The normalized spacial score (nSPS) is 21.7. The van der Waals surface area contributed by atoms with Crippen molar-refractivity contribution < 1.29 is 36.7 Å². The molecule has 2 bridgehead atoms. The molecule has 0 aliphatic carbocycles. The number of hydroxylamine groups is 2. The molecule has 0 spiro atoms. The first-order valence-electron chi connectivity index (χ1n) is 8.03. The zero-order chi connectivity index (χ0) is 20.5. The second kappa shape index (κ2) is 7.66. The van der Waals surface area contributed by atoms with Crippen molar-refractivity contribution in [2.45, 2.75) is 38.1 Å². The first kappa shape index (κ1) is 19.9. The van der Waals surface area contributed by atoms with Gasteiger partial charge in [-0.2, -0.15) is 28.5 Å². The number of hydrogen-bond acceptors (Lipinski definition) is 9. The van der Waals surface area contributed by atoms with Crippen LogP contribution in [0.1, 0.15) is 18.5 Å². The van der Waals surface area contributed by atoms with Crippen LogP contribution in [-0.4, -0.2) is 79.5 Å². The van der Waals surface area contributed by atoms with Crippen LogP contribution < -0.4 is 10.9 Å². The summed E-state index contributed by atoms with van der Waals surface area (Å²) < 4.78 is 34.7. The summed E-state index contributed by atoms with van der Waals surface area (Å²) in [7, 11) is -4.88. The number of aliphatic hydroxyl groups is 1. The van der Waals surface area contributed by atoms with Crippen LogP contribution in [0.25, 0.3) is 0 Å². The number of urea groups is 1. The van der Waals surface area contributed by atoms with Gasteiger partial charge in [0.1, 0.15) is 18.3 Å². The summed E-state index contributed by atoms with van der Waals surface area (Å²) in [6, 6.07) is -2.47. The number of amides is 4. The number of rotatable bonds is 6. The summed E-state index contributed by atoms with van der Waals surface area (Å²) in [6.07, 6.45) is 1.73. The van der Waals surface area contributed by atoms with Crippen molar-refractivity contribution in [3.63, 3.8) is 0 Å². The first-order valence-corrected chi connectivity index (χ1v) is 9.40. The van der Waals surface area contributed by atoms with Gasteiger partial charge in [-0.15, -0.1) is 4.28 Å². The molecule has 3 rings (SSSR count). The molecule has 1 aromatic rings. The first-order chi connectivity index (χ1) is 13.2. The van der Waals surface area contributed by atoms with E-state index in [1.54, 1.807) is 0 Å². The number of carbonyl (C=O) groups is 3. The van der Waals surface area contributed by atoms with Crippen LogP contribution in [-0.2, 0) is 37.4 Å². The highest BCUT2D eigenvalue weighted by atomic mass is 32.3. The minimum atomic E-state index is -4.88. The van der Waals surface area contributed by atoms with Crippen LogP contribution in [0.3, 0.4) is 0 Å². The molecule has 3 heterocycles. The summed E-state index contributed by atoms with van der Waals surface area (Å²) in [4.78, 5) is 38.5. The number of carbonyl (C=O) groups excluding carboxylic acids is 3. The number of hydrazine groups is 1. The summed E-state index contributed by atoms with van der Waals surface area (Å²) in [5.41, 5.74) is 4.62. The van der Waals surface area contributed by atoms with E-state index in [0.717, 1.165) is 9.70 Å². The van der Waals surface area contributed by atoms with Gasteiger partial charge in [0, 0.05) is 6.54 Å². The molecule has 4 N–H and O–H groups in total. The predicted octanol–water partition coefficient (Wildman–Crippen LogP) is -3.08. The van der Waals surface area contributed by atoms with E-state index in [1.807, 2.05) is 0 Å². The van der Waals surface area contributed by atoms with Crippen molar-refractivity contribution in [2.24, 2.45) is 0 Å². The highest BCUT2D eigenvalue weighted by Gasteiger charge is 2.49. The molecule has 2 atom stereocenters. The molecule has 0 radical (unpaired) electrons. The molecule has 0 saturated carbocycles. The van der Waals surface area contributed by atoms with E-state index < -0.39 is 40.3 Å². The number of hydrogen-bond donors (Lipinski definition) is 4. The van der Waals surface area contributed by atoms with E-state index in [-0.39, 0.29) is 38.2 Å². The van der Waals surface area contributed by atoms with Crippen molar-refractivity contribution in [1.29, 1.82) is 0 Å². The fourth-order valence-electron chi connectivity index (χ4n) is 2.97. The van der Waals surface area contributed by atoms with Crippen LogP contribution >= 0.6 is 0 Å². The number of fused-ring (bicyclic) bond motifs is 2. The van der Waals surface area contributed by atoms with Gasteiger partial charge in [0.15, 0.2) is 0 Å². The van der Waals surface area contributed by atoms with E-state index in [0.29, 0.717) is 5.06 Å². The average molecular weight is 419 g/mol. The van der Waals surface area contributed by atoms with Crippen molar-refractivity contribution >= 4 is 28.2 Å². The van der Waals surface area contributed by atoms with Crippen molar-refractivity contribution in [3.8, 4) is 0 Å². The van der Waals surface area contributed by atoms with Gasteiger partial charge in [0.25, 0.3) is 11.8 Å². The number of piperidine rings is 1. The minimum absolute atomic E-state index is 0.0293. The fourth-order valence-corrected chi connectivity index (χ4v) is 3.36. The highest BCUT2D eigenvalue weighted by molar-refractivity contribution is 7.80. The summed E-state index contributed by atoms with van der Waals surface area (Å²) in [6.45, 7) is -0.615. The molecule has 2 saturated heterocycles. The Hall–Kier alpha value is -2.82. The summed E-state index contributed by atoms with van der Waals surface area (Å²) >= 11 is 0. The van der Waals surface area contributed by atoms with Gasteiger partial charge in [0.05, 0.1) is 18.8 Å². The maximum Gasteiger partial charge on any atom is 0.418 e. The van der Waals surface area contributed by atoms with Crippen molar-refractivity contribution in [1.82, 2.24) is 35.8 Å². The van der Waals surface area contributed by atoms with Gasteiger partial charge in [-0.25, -0.2) is 4.79 Å². The largest absolute Gasteiger partial charge is 0.418 e. The Labute approximate surface area is 158 Å². The Kier molecular flexibility index (Phi) is 5.45. The molecule has 2 aliphatic heterocycles. The van der Waals surface area contributed by atoms with E-state index in [9.17, 15) is 22.8 Å². The number of nitrogens with one attached hydrogen (secondary N) is 2. The van der Waals surface area contributed by atoms with Gasteiger partial charge in [-0.05, 0) is 12.8 Å². The molecule has 4 amide bonds. The predicted molar refractivity (Wildman–Crippen MR) is 85.6 cm³/mol. The lowest BCUT2D eigenvalue weighted by Gasteiger charge is -2.29. The second-order valence-electron chi connectivity index (χ2n) is 6.07. The molecule has 2 aliphatic rings. The van der Waals surface area contributed by atoms with Crippen LogP contribution in [0.15, 0.2) is 6.20 Å². The van der Waals surface area contributed by atoms with E-state index in [1.165, 1.54) is 6.20 Å². The smallest absolute Gasteiger partial charge is 0.390 e. The highest BCUT2D eigenvalue weighted by Crippen LogP contribution is 2.30. The topological polar surface area (TPSA) is 196 Å². The Morgan fingerprint density at radius 2 is 2.07 bits per heavy atom. The lowest BCUT2D eigenvalue weighted by atomic mass is 10.0. The second-order valence-corrected chi connectivity index (χ2v) is 7.08. The molecule has 2 fully saturated rings. The Morgan fingerprint density at radius 1 is 1.32 bits per heavy atom. The van der Waals surface area contributed by atoms with Gasteiger partial charge >= 0.3 is 16.4 Å². The lowest BCUT2D eigenvalue weighted by molar-refractivity contribution is -0.132. The summed E-state index contributed by atoms with van der Waals surface area (Å²) in [5.74, 6) is -1.33. The fraction of sp³-hybridized carbons (Fsp3) is 0.583. The molecular formula is C12H17N7O8S. The van der Waals surface area contributed by atoms with Gasteiger partial charge < -0.3 is 10.0 Å². The molecule has 154 valence electrons. The van der Waals surface area contributed by atoms with Gasteiger partial charge in [-0.1, -0.05) is 0 Å². The molecule has 15 nitrogen and oxygen atoms in total. The Bertz CT molecular complexity index is 886. The molecule has 1 aromatic heterocycles. The maximum absolute atomic E-state index is 12.3. The number of nitrogens with zero attached hydrogens (tertiary/aromatic N) is 5.